The third kappa shape index (κ3) is 4.25. The van der Waals surface area contributed by atoms with Crippen molar-refractivity contribution in [2.75, 3.05) is 11.9 Å². The third-order valence-corrected chi connectivity index (χ3v) is 6.06. The molecule has 1 aliphatic carbocycles. The van der Waals surface area contributed by atoms with E-state index in [4.69, 9.17) is 14.3 Å². The Morgan fingerprint density at radius 3 is 2.81 bits per heavy atom. The van der Waals surface area contributed by atoms with E-state index in [0.717, 1.165) is 37.8 Å². The molecule has 0 bridgehead atoms. The van der Waals surface area contributed by atoms with Crippen molar-refractivity contribution in [1.82, 2.24) is 0 Å². The topological polar surface area (TPSA) is 81.5 Å². The minimum absolute atomic E-state index is 0.0934. The molecule has 0 radical (unpaired) electrons. The largest absolute Gasteiger partial charge is 0.457 e. The fourth-order valence-corrected chi connectivity index (χ4v) is 4.51. The van der Waals surface area contributed by atoms with Gasteiger partial charge in [-0.3, -0.25) is 0 Å². The highest BCUT2D eigenvalue weighted by Gasteiger charge is 2.53. The number of carbonyl (C=O) groups is 1. The number of allylic oxidation sites excluding steroid dienone is 1. The number of benzene rings is 1. The average molecular weight is 440 g/mol. The lowest BCUT2D eigenvalue weighted by Crippen LogP contribution is -2.53. The number of aryl methyl sites for hydroxylation is 2. The van der Waals surface area contributed by atoms with Crippen molar-refractivity contribution >= 4 is 23.4 Å². The van der Waals surface area contributed by atoms with E-state index in [2.05, 4.69) is 35.4 Å². The standard InChI is InChI=1S/C25H33N3O4/c1-6-9-17-14-18-10-7-11-19(18)21(16(17)2)27-23-26-15-25(32-23,20-12-8-13-30-28-20)22(29)31-24(3,4)5/h8,13-14H,6-7,9-12,15H2,1-5H3,(H,26,27). The number of aliphatic imine (C=N–C) groups is 1. The van der Waals surface area contributed by atoms with Gasteiger partial charge in [0.2, 0.25) is 0 Å². The van der Waals surface area contributed by atoms with Crippen molar-refractivity contribution in [3.63, 3.8) is 0 Å². The molecule has 3 aliphatic rings. The molecule has 172 valence electrons. The van der Waals surface area contributed by atoms with Gasteiger partial charge in [0.05, 0.1) is 0 Å². The molecule has 1 aromatic carbocycles. The normalized spacial score (nSPS) is 21.9. The fraction of sp³-hybridized carbons (Fsp3) is 0.560. The predicted octanol–water partition coefficient (Wildman–Crippen LogP) is 4.60. The molecule has 1 N–H and O–H groups in total. The van der Waals surface area contributed by atoms with Crippen LogP contribution in [0.25, 0.3) is 0 Å². The van der Waals surface area contributed by atoms with Gasteiger partial charge in [0, 0.05) is 12.1 Å². The summed E-state index contributed by atoms with van der Waals surface area (Å²) in [6.45, 7) is 9.93. The summed E-state index contributed by atoms with van der Waals surface area (Å²) < 4.78 is 11.9. The van der Waals surface area contributed by atoms with E-state index in [-0.39, 0.29) is 6.54 Å². The summed E-state index contributed by atoms with van der Waals surface area (Å²) in [6, 6.07) is 2.67. The number of hydrogen-bond donors (Lipinski definition) is 1. The van der Waals surface area contributed by atoms with Crippen LogP contribution in [0.2, 0.25) is 0 Å². The number of amidine groups is 1. The molecule has 1 aromatic rings. The molecule has 32 heavy (non-hydrogen) atoms. The number of anilines is 1. The maximum absolute atomic E-state index is 13.3. The Morgan fingerprint density at radius 2 is 2.12 bits per heavy atom. The number of esters is 1. The zero-order chi connectivity index (χ0) is 22.9. The minimum atomic E-state index is -1.43. The summed E-state index contributed by atoms with van der Waals surface area (Å²) in [7, 11) is 0. The Hall–Kier alpha value is -2.83. The maximum Gasteiger partial charge on any atom is 0.359 e. The van der Waals surface area contributed by atoms with E-state index in [9.17, 15) is 4.79 Å². The van der Waals surface area contributed by atoms with Crippen LogP contribution in [0.15, 0.2) is 28.6 Å². The highest BCUT2D eigenvalue weighted by Crippen LogP contribution is 2.36. The van der Waals surface area contributed by atoms with Gasteiger partial charge in [-0.25, -0.2) is 9.79 Å². The second-order valence-electron chi connectivity index (χ2n) is 9.67. The van der Waals surface area contributed by atoms with Gasteiger partial charge in [0.15, 0.2) is 0 Å². The van der Waals surface area contributed by atoms with Crippen molar-refractivity contribution in [2.45, 2.75) is 84.3 Å². The van der Waals surface area contributed by atoms with Gasteiger partial charge in [-0.2, -0.15) is 0 Å². The molecule has 2 aliphatic heterocycles. The average Bonchev–Trinajstić information content (AvgIpc) is 3.38. The van der Waals surface area contributed by atoms with Crippen LogP contribution in [0.4, 0.5) is 5.69 Å². The van der Waals surface area contributed by atoms with E-state index in [0.29, 0.717) is 18.2 Å². The molecule has 4 rings (SSSR count). The monoisotopic (exact) mass is 439 g/mol. The lowest BCUT2D eigenvalue weighted by molar-refractivity contribution is -0.167. The van der Waals surface area contributed by atoms with Crippen molar-refractivity contribution < 1.29 is 19.1 Å². The number of oxime groups is 1. The van der Waals surface area contributed by atoms with Gasteiger partial charge in [0.25, 0.3) is 11.6 Å². The summed E-state index contributed by atoms with van der Waals surface area (Å²) >= 11 is 0. The third-order valence-electron chi connectivity index (χ3n) is 6.06. The minimum Gasteiger partial charge on any atom is -0.457 e. The van der Waals surface area contributed by atoms with E-state index in [1.165, 1.54) is 28.5 Å². The number of hydrogen-bond acceptors (Lipinski definition) is 7. The molecular formula is C25H33N3O4. The first-order valence-corrected chi connectivity index (χ1v) is 11.5. The van der Waals surface area contributed by atoms with Gasteiger partial charge in [0.1, 0.15) is 24.1 Å². The highest BCUT2D eigenvalue weighted by atomic mass is 16.6. The van der Waals surface area contributed by atoms with E-state index < -0.39 is 17.2 Å². The van der Waals surface area contributed by atoms with Crippen LogP contribution in [0.5, 0.6) is 0 Å². The summed E-state index contributed by atoms with van der Waals surface area (Å²) in [4.78, 5) is 23.0. The molecule has 0 aromatic heterocycles. The van der Waals surface area contributed by atoms with E-state index in [1.54, 1.807) is 6.08 Å². The van der Waals surface area contributed by atoms with Gasteiger partial charge < -0.3 is 19.6 Å². The number of rotatable bonds is 5. The Morgan fingerprint density at radius 1 is 1.31 bits per heavy atom. The van der Waals surface area contributed by atoms with Crippen LogP contribution in [-0.4, -0.2) is 35.4 Å². The smallest absolute Gasteiger partial charge is 0.359 e. The molecule has 0 fully saturated rings. The quantitative estimate of drug-likeness (QED) is 0.678. The van der Waals surface area contributed by atoms with Crippen molar-refractivity contribution in [3.05, 3.63) is 40.7 Å². The summed E-state index contributed by atoms with van der Waals surface area (Å²) in [5, 5.41) is 7.52. The van der Waals surface area contributed by atoms with Crippen LogP contribution >= 0.6 is 0 Å². The second kappa shape index (κ2) is 8.60. The van der Waals surface area contributed by atoms with Gasteiger partial charge >= 0.3 is 5.97 Å². The molecule has 0 amide bonds. The Kier molecular flexibility index (Phi) is 6.01. The van der Waals surface area contributed by atoms with Crippen molar-refractivity contribution in [1.29, 1.82) is 0 Å². The summed E-state index contributed by atoms with van der Waals surface area (Å²) in [5.41, 5.74) is 4.71. The van der Waals surface area contributed by atoms with Crippen molar-refractivity contribution in [2.24, 2.45) is 10.1 Å². The molecule has 0 saturated heterocycles. The first-order chi connectivity index (χ1) is 15.2. The SMILES string of the molecule is CCCc1cc2c(c(NC3=NCC(C(=O)OC(C)(C)C)(C4=NOC=CC4)O3)c1C)CCC2. The molecule has 7 heteroatoms. The molecule has 1 atom stereocenters. The van der Waals surface area contributed by atoms with E-state index in [1.807, 2.05) is 20.8 Å². The van der Waals surface area contributed by atoms with Crippen molar-refractivity contribution in [3.8, 4) is 0 Å². The fourth-order valence-electron chi connectivity index (χ4n) is 4.51. The van der Waals surface area contributed by atoms with E-state index >= 15 is 0 Å². The predicted molar refractivity (Wildman–Crippen MR) is 125 cm³/mol. The summed E-state index contributed by atoms with van der Waals surface area (Å²) in [5.74, 6) is -0.509. The zero-order valence-corrected chi connectivity index (χ0v) is 19.7. The highest BCUT2D eigenvalue weighted by molar-refractivity contribution is 6.14. The first-order valence-electron chi connectivity index (χ1n) is 11.5. The van der Waals surface area contributed by atoms with Gasteiger partial charge in [-0.05, 0) is 81.7 Å². The Balaban J connectivity index is 1.63. The molecule has 7 nitrogen and oxygen atoms in total. The number of ether oxygens (including phenoxy) is 2. The number of carbonyl (C=O) groups excluding carboxylic acids is 1. The number of nitrogens with one attached hydrogen (secondary N) is 1. The maximum atomic E-state index is 13.3. The lowest BCUT2D eigenvalue weighted by atomic mass is 9.94. The zero-order valence-electron chi connectivity index (χ0n) is 19.7. The van der Waals surface area contributed by atoms with Gasteiger partial charge in [-0.1, -0.05) is 24.6 Å². The van der Waals surface area contributed by atoms with Crippen LogP contribution in [-0.2, 0) is 38.4 Å². The molecule has 0 saturated carbocycles. The van der Waals surface area contributed by atoms with Crippen LogP contribution < -0.4 is 5.32 Å². The Bertz CT molecular complexity index is 1000. The number of nitrogens with zero attached hydrogens (tertiary/aromatic N) is 2. The molecular weight excluding hydrogens is 406 g/mol. The van der Waals surface area contributed by atoms with Gasteiger partial charge in [-0.15, -0.1) is 0 Å². The molecule has 0 spiro atoms. The van der Waals surface area contributed by atoms with Crippen LogP contribution in [0.1, 0.15) is 69.2 Å². The first kappa shape index (κ1) is 22.4. The van der Waals surface area contributed by atoms with Crippen LogP contribution in [0, 0.1) is 6.92 Å². The Labute approximate surface area is 189 Å². The molecule has 1 unspecified atom stereocenters. The lowest BCUT2D eigenvalue weighted by Gasteiger charge is -2.31. The second-order valence-corrected chi connectivity index (χ2v) is 9.67. The van der Waals surface area contributed by atoms with Crippen LogP contribution in [0.3, 0.4) is 0 Å². The summed E-state index contributed by atoms with van der Waals surface area (Å²) in [6.07, 6.45) is 9.12. The number of fused-ring (bicyclic) bond motifs is 1. The molecule has 2 heterocycles.